The van der Waals surface area contributed by atoms with Gasteiger partial charge in [-0.2, -0.15) is 5.26 Å². The fraction of sp³-hybridized carbons (Fsp3) is 0.185. The fourth-order valence-electron chi connectivity index (χ4n) is 3.25. The van der Waals surface area contributed by atoms with E-state index in [0.717, 1.165) is 11.1 Å². The summed E-state index contributed by atoms with van der Waals surface area (Å²) in [7, 11) is 0. The van der Waals surface area contributed by atoms with Crippen molar-refractivity contribution < 1.29 is 14.3 Å². The molecule has 0 unspecified atom stereocenters. The Balaban J connectivity index is 1.83. The van der Waals surface area contributed by atoms with Gasteiger partial charge in [-0.3, -0.25) is 4.79 Å². The van der Waals surface area contributed by atoms with Gasteiger partial charge in [0.25, 0.3) is 5.91 Å². The van der Waals surface area contributed by atoms with Crippen molar-refractivity contribution in [2.75, 3.05) is 6.61 Å². The smallest absolute Gasteiger partial charge is 0.262 e. The van der Waals surface area contributed by atoms with Gasteiger partial charge in [0.05, 0.1) is 17.7 Å². The van der Waals surface area contributed by atoms with Gasteiger partial charge in [0.15, 0.2) is 11.5 Å². The number of nitrogens with zero attached hydrogens (tertiary/aromatic N) is 1. The lowest BCUT2D eigenvalue weighted by Gasteiger charge is -2.16. The Morgan fingerprint density at radius 3 is 2.44 bits per heavy atom. The summed E-state index contributed by atoms with van der Waals surface area (Å²) in [5.41, 5.74) is 2.24. The predicted molar refractivity (Wildman–Crippen MR) is 135 cm³/mol. The van der Waals surface area contributed by atoms with E-state index in [9.17, 15) is 10.1 Å². The van der Waals surface area contributed by atoms with E-state index >= 15 is 0 Å². The second-order valence-electron chi connectivity index (χ2n) is 7.42. The van der Waals surface area contributed by atoms with Crippen LogP contribution in [0.15, 0.2) is 72.3 Å². The Hall–Kier alpha value is -3.46. The number of ether oxygens (including phenoxy) is 2. The second kappa shape index (κ2) is 12.1. The molecule has 34 heavy (non-hydrogen) atoms. The van der Waals surface area contributed by atoms with Crippen molar-refractivity contribution >= 4 is 35.2 Å². The van der Waals surface area contributed by atoms with E-state index in [1.807, 2.05) is 68.4 Å². The van der Waals surface area contributed by atoms with Crippen LogP contribution in [0.3, 0.4) is 0 Å². The third kappa shape index (κ3) is 6.54. The van der Waals surface area contributed by atoms with E-state index in [-0.39, 0.29) is 18.2 Å². The molecule has 0 radical (unpaired) electrons. The van der Waals surface area contributed by atoms with E-state index < -0.39 is 5.91 Å². The lowest BCUT2D eigenvalue weighted by Crippen LogP contribution is -2.27. The molecular weight excluding hydrogens is 471 g/mol. The fourth-order valence-corrected chi connectivity index (χ4v) is 3.72. The maximum Gasteiger partial charge on any atom is 0.262 e. The van der Waals surface area contributed by atoms with Crippen molar-refractivity contribution in [2.24, 2.45) is 0 Å². The highest BCUT2D eigenvalue weighted by molar-refractivity contribution is 6.32. The molecule has 0 fully saturated rings. The molecule has 3 aromatic rings. The Labute approximate surface area is 209 Å². The number of benzene rings is 3. The minimum Gasteiger partial charge on any atom is -0.490 e. The quantitative estimate of drug-likeness (QED) is 0.263. The minimum absolute atomic E-state index is 0.0500. The number of carbonyl (C=O) groups excluding carboxylic acids is 1. The van der Waals surface area contributed by atoms with Crippen LogP contribution in [0.4, 0.5) is 0 Å². The van der Waals surface area contributed by atoms with E-state index in [2.05, 4.69) is 5.32 Å². The largest absolute Gasteiger partial charge is 0.490 e. The van der Waals surface area contributed by atoms with Gasteiger partial charge in [-0.25, -0.2) is 0 Å². The number of hydrogen-bond acceptors (Lipinski definition) is 4. The Morgan fingerprint density at radius 1 is 1.06 bits per heavy atom. The number of nitrogens with one attached hydrogen (secondary N) is 1. The van der Waals surface area contributed by atoms with Crippen LogP contribution in [0.2, 0.25) is 10.0 Å². The van der Waals surface area contributed by atoms with E-state index in [1.165, 1.54) is 6.08 Å². The molecule has 0 aromatic heterocycles. The van der Waals surface area contributed by atoms with E-state index in [0.29, 0.717) is 33.7 Å². The molecule has 3 aromatic carbocycles. The van der Waals surface area contributed by atoms with Gasteiger partial charge in [-0.15, -0.1) is 0 Å². The standard InChI is InChI=1S/C27H24Cl2N2O3/c1-3-33-25-15-19(14-24(29)26(25)34-17-21-11-7-8-12-23(21)28)13-22(16-30)27(32)31-18(2)20-9-5-4-6-10-20/h4-15,18H,3,17H2,1-2H3,(H,31,32)/b22-13-/t18-/m0/s1. The second-order valence-corrected chi connectivity index (χ2v) is 8.23. The first-order valence-electron chi connectivity index (χ1n) is 10.7. The van der Waals surface area contributed by atoms with E-state index in [4.69, 9.17) is 32.7 Å². The number of carbonyl (C=O) groups is 1. The van der Waals surface area contributed by atoms with Crippen LogP contribution >= 0.6 is 23.2 Å². The van der Waals surface area contributed by atoms with E-state index in [1.54, 1.807) is 18.2 Å². The van der Waals surface area contributed by atoms with Crippen molar-refractivity contribution in [3.63, 3.8) is 0 Å². The number of hydrogen-bond donors (Lipinski definition) is 1. The highest BCUT2D eigenvalue weighted by Gasteiger charge is 2.17. The van der Waals surface area contributed by atoms with Gasteiger partial charge in [0, 0.05) is 10.6 Å². The highest BCUT2D eigenvalue weighted by Crippen LogP contribution is 2.38. The number of rotatable bonds is 9. The average Bonchev–Trinajstić information content (AvgIpc) is 2.83. The molecule has 0 heterocycles. The zero-order valence-corrected chi connectivity index (χ0v) is 20.4. The Bertz CT molecular complexity index is 1220. The van der Waals surface area contributed by atoms with Crippen LogP contribution in [-0.4, -0.2) is 12.5 Å². The Kier molecular flexibility index (Phi) is 8.98. The van der Waals surface area contributed by atoms with Crippen molar-refractivity contribution in [1.82, 2.24) is 5.32 Å². The molecule has 0 saturated heterocycles. The summed E-state index contributed by atoms with van der Waals surface area (Å²) in [6, 6.07) is 21.9. The summed E-state index contributed by atoms with van der Waals surface area (Å²) in [6.07, 6.45) is 1.47. The van der Waals surface area contributed by atoms with Gasteiger partial charge in [-0.05, 0) is 49.2 Å². The molecule has 1 amide bonds. The maximum atomic E-state index is 12.7. The predicted octanol–water partition coefficient (Wildman–Crippen LogP) is 6.76. The van der Waals surface area contributed by atoms with Crippen molar-refractivity contribution in [2.45, 2.75) is 26.5 Å². The third-order valence-electron chi connectivity index (χ3n) is 4.98. The molecular formula is C27H24Cl2N2O3. The SMILES string of the molecule is CCOc1cc(/C=C(/C#N)C(=O)N[C@@H](C)c2ccccc2)cc(Cl)c1OCc1ccccc1Cl. The molecule has 174 valence electrons. The molecule has 0 aliphatic carbocycles. The van der Waals surface area contributed by atoms with Crippen molar-refractivity contribution in [1.29, 1.82) is 5.26 Å². The lowest BCUT2D eigenvalue weighted by atomic mass is 10.1. The first-order chi connectivity index (χ1) is 16.4. The zero-order valence-electron chi connectivity index (χ0n) is 18.8. The summed E-state index contributed by atoms with van der Waals surface area (Å²) in [5.74, 6) is 0.289. The van der Waals surface area contributed by atoms with Crippen LogP contribution in [-0.2, 0) is 11.4 Å². The normalized spacial score (nSPS) is 11.9. The van der Waals surface area contributed by atoms with Gasteiger partial charge in [-0.1, -0.05) is 71.7 Å². The van der Waals surface area contributed by atoms with Gasteiger partial charge in [0.2, 0.25) is 0 Å². The summed E-state index contributed by atoms with van der Waals surface area (Å²) >= 11 is 12.7. The third-order valence-corrected chi connectivity index (χ3v) is 5.63. The van der Waals surface area contributed by atoms with Crippen molar-refractivity contribution in [3.05, 3.63) is 99.0 Å². The molecule has 0 aliphatic heterocycles. The summed E-state index contributed by atoms with van der Waals surface area (Å²) in [5, 5.41) is 13.3. The molecule has 0 aliphatic rings. The molecule has 1 N–H and O–H groups in total. The Morgan fingerprint density at radius 2 is 1.76 bits per heavy atom. The lowest BCUT2D eigenvalue weighted by molar-refractivity contribution is -0.117. The average molecular weight is 495 g/mol. The topological polar surface area (TPSA) is 71.3 Å². The van der Waals surface area contributed by atoms with Gasteiger partial charge in [0.1, 0.15) is 18.2 Å². The van der Waals surface area contributed by atoms with Crippen LogP contribution in [0.5, 0.6) is 11.5 Å². The van der Waals surface area contributed by atoms with Crippen LogP contribution in [0, 0.1) is 11.3 Å². The number of nitriles is 1. The monoisotopic (exact) mass is 494 g/mol. The van der Waals surface area contributed by atoms with Crippen molar-refractivity contribution in [3.8, 4) is 17.6 Å². The first-order valence-corrected chi connectivity index (χ1v) is 11.5. The maximum absolute atomic E-state index is 12.7. The van der Waals surface area contributed by atoms with Crippen LogP contribution in [0.1, 0.15) is 36.6 Å². The summed E-state index contributed by atoms with van der Waals surface area (Å²) in [4.78, 5) is 12.7. The number of amides is 1. The summed E-state index contributed by atoms with van der Waals surface area (Å²) in [6.45, 7) is 4.29. The molecule has 0 bridgehead atoms. The first kappa shape index (κ1) is 25.2. The molecule has 7 heteroatoms. The molecule has 5 nitrogen and oxygen atoms in total. The van der Waals surface area contributed by atoms with Gasteiger partial charge >= 0.3 is 0 Å². The molecule has 1 atom stereocenters. The van der Waals surface area contributed by atoms with Gasteiger partial charge < -0.3 is 14.8 Å². The van der Waals surface area contributed by atoms with Crippen LogP contribution < -0.4 is 14.8 Å². The van der Waals surface area contributed by atoms with Crippen LogP contribution in [0.25, 0.3) is 6.08 Å². The highest BCUT2D eigenvalue weighted by atomic mass is 35.5. The summed E-state index contributed by atoms with van der Waals surface area (Å²) < 4.78 is 11.6. The molecule has 3 rings (SSSR count). The minimum atomic E-state index is -0.480. The molecule has 0 spiro atoms. The zero-order chi connectivity index (χ0) is 24.5. The molecule has 0 saturated carbocycles. The number of halogens is 2.